The Bertz CT molecular complexity index is 923. The van der Waals surface area contributed by atoms with Crippen LogP contribution in [0.15, 0.2) is 60.8 Å². The Morgan fingerprint density at radius 1 is 1.00 bits per heavy atom. The molecule has 0 fully saturated rings. The van der Waals surface area contributed by atoms with Crippen LogP contribution >= 0.6 is 0 Å². The lowest BCUT2D eigenvalue weighted by atomic mass is 10.0. The fourth-order valence-electron chi connectivity index (χ4n) is 2.56. The molecule has 0 amide bonds. The summed E-state index contributed by atoms with van der Waals surface area (Å²) in [6.07, 6.45) is 1.67. The minimum absolute atomic E-state index is 0.389. The molecule has 27 heavy (non-hydrogen) atoms. The summed E-state index contributed by atoms with van der Waals surface area (Å²) in [5.74, 6) is 1.21. The fraction of sp³-hybridized carbons (Fsp3) is 0.190. The molecular weight excluding hydrogens is 340 g/mol. The first-order valence-corrected chi connectivity index (χ1v) is 8.70. The molecule has 0 atom stereocenters. The van der Waals surface area contributed by atoms with Crippen molar-refractivity contribution in [1.29, 1.82) is 0 Å². The highest BCUT2D eigenvalue weighted by molar-refractivity contribution is 5.90. The molecule has 0 radical (unpaired) electrons. The molecule has 0 unspecified atom stereocenters. The van der Waals surface area contributed by atoms with Gasteiger partial charge < -0.3 is 15.4 Å². The van der Waals surface area contributed by atoms with Gasteiger partial charge in [0.25, 0.3) is 0 Å². The summed E-state index contributed by atoms with van der Waals surface area (Å²) in [5.41, 5.74) is 3.41. The second-order valence-corrected chi connectivity index (χ2v) is 6.36. The molecule has 1 aromatic heterocycles. The zero-order valence-electron chi connectivity index (χ0n) is 15.6. The van der Waals surface area contributed by atoms with Crippen LogP contribution in [0, 0.1) is 0 Å². The van der Waals surface area contributed by atoms with Crippen molar-refractivity contribution in [2.24, 2.45) is 0 Å². The lowest BCUT2D eigenvalue weighted by molar-refractivity contribution is 0.0601. The molecule has 0 saturated carbocycles. The maximum Gasteiger partial charge on any atom is 0.337 e. The Morgan fingerprint density at radius 2 is 1.78 bits per heavy atom. The lowest BCUT2D eigenvalue weighted by Gasteiger charge is -2.10. The molecule has 0 bridgehead atoms. The number of carbonyl (C=O) groups excluding carboxylic acids is 1. The summed E-state index contributed by atoms with van der Waals surface area (Å²) in [4.78, 5) is 20.3. The summed E-state index contributed by atoms with van der Waals surface area (Å²) in [6.45, 7) is 4.33. The molecule has 0 aliphatic carbocycles. The van der Waals surface area contributed by atoms with E-state index in [-0.39, 0.29) is 5.97 Å². The van der Waals surface area contributed by atoms with Crippen molar-refractivity contribution >= 4 is 29.1 Å². The number of ether oxygens (including phenoxy) is 1. The Balaban J connectivity index is 1.73. The van der Waals surface area contributed by atoms with Crippen LogP contribution in [0.3, 0.4) is 0 Å². The second kappa shape index (κ2) is 8.31. The number of benzene rings is 2. The van der Waals surface area contributed by atoms with E-state index in [1.54, 1.807) is 30.5 Å². The average molecular weight is 362 g/mol. The van der Waals surface area contributed by atoms with Gasteiger partial charge in [0.15, 0.2) is 0 Å². The third-order valence-electron chi connectivity index (χ3n) is 4.05. The molecular formula is C21H22N4O2. The first-order valence-electron chi connectivity index (χ1n) is 8.70. The number of anilines is 4. The number of nitrogens with one attached hydrogen (secondary N) is 2. The van der Waals surface area contributed by atoms with Crippen molar-refractivity contribution in [2.45, 2.75) is 19.8 Å². The predicted molar refractivity (Wildman–Crippen MR) is 107 cm³/mol. The smallest absolute Gasteiger partial charge is 0.337 e. The minimum atomic E-state index is -0.389. The second-order valence-electron chi connectivity index (χ2n) is 6.36. The third kappa shape index (κ3) is 4.82. The van der Waals surface area contributed by atoms with E-state index in [2.05, 4.69) is 46.6 Å². The molecule has 1 heterocycles. The van der Waals surface area contributed by atoms with Crippen LogP contribution in [0.1, 0.15) is 35.7 Å². The molecule has 138 valence electrons. The topological polar surface area (TPSA) is 76.1 Å². The molecule has 2 aromatic carbocycles. The molecule has 0 aliphatic rings. The number of carbonyl (C=O) groups is 1. The van der Waals surface area contributed by atoms with Gasteiger partial charge >= 0.3 is 5.97 Å². The van der Waals surface area contributed by atoms with Gasteiger partial charge in [-0.05, 0) is 47.9 Å². The quantitative estimate of drug-likeness (QED) is 0.609. The Morgan fingerprint density at radius 3 is 2.48 bits per heavy atom. The minimum Gasteiger partial charge on any atom is -0.465 e. The average Bonchev–Trinajstić information content (AvgIpc) is 2.68. The van der Waals surface area contributed by atoms with Crippen LogP contribution in [0.2, 0.25) is 0 Å². The Hall–Kier alpha value is -3.41. The van der Waals surface area contributed by atoms with E-state index >= 15 is 0 Å². The SMILES string of the molecule is COC(=O)c1cccc(Nc2nccc(Nc3ccc(C(C)C)cc3)n2)c1. The number of hydrogen-bond donors (Lipinski definition) is 2. The molecule has 3 aromatic rings. The van der Waals surface area contributed by atoms with Crippen LogP contribution in [0.4, 0.5) is 23.1 Å². The maximum absolute atomic E-state index is 11.7. The van der Waals surface area contributed by atoms with Gasteiger partial charge in [0.1, 0.15) is 5.82 Å². The molecule has 0 aliphatic heterocycles. The van der Waals surface area contributed by atoms with Crippen molar-refractivity contribution in [2.75, 3.05) is 17.7 Å². The zero-order chi connectivity index (χ0) is 19.2. The molecule has 6 nitrogen and oxygen atoms in total. The summed E-state index contributed by atoms with van der Waals surface area (Å²) in [7, 11) is 1.36. The number of esters is 1. The summed E-state index contributed by atoms with van der Waals surface area (Å²) < 4.78 is 4.74. The molecule has 6 heteroatoms. The van der Waals surface area contributed by atoms with E-state index in [0.717, 1.165) is 5.69 Å². The van der Waals surface area contributed by atoms with E-state index in [1.807, 2.05) is 18.2 Å². The van der Waals surface area contributed by atoms with Crippen LogP contribution in [0.25, 0.3) is 0 Å². The normalized spacial score (nSPS) is 10.5. The van der Waals surface area contributed by atoms with Crippen LogP contribution in [-0.4, -0.2) is 23.0 Å². The standard InChI is InChI=1S/C21H22N4O2/c1-14(2)15-7-9-17(10-8-15)23-19-11-12-22-21(25-19)24-18-6-4-5-16(13-18)20(26)27-3/h4-14H,1-3H3,(H2,22,23,24,25). The lowest BCUT2D eigenvalue weighted by Crippen LogP contribution is -2.03. The number of nitrogens with zero attached hydrogens (tertiary/aromatic N) is 2. The molecule has 2 N–H and O–H groups in total. The summed E-state index contributed by atoms with van der Waals surface area (Å²) >= 11 is 0. The molecule has 0 spiro atoms. The third-order valence-corrected chi connectivity index (χ3v) is 4.05. The van der Waals surface area contributed by atoms with Gasteiger partial charge in [-0.3, -0.25) is 0 Å². The van der Waals surface area contributed by atoms with Gasteiger partial charge in [0.2, 0.25) is 5.95 Å². The van der Waals surface area contributed by atoms with E-state index in [9.17, 15) is 4.79 Å². The van der Waals surface area contributed by atoms with Crippen molar-refractivity contribution in [3.05, 3.63) is 71.9 Å². The highest BCUT2D eigenvalue weighted by Crippen LogP contribution is 2.21. The zero-order valence-corrected chi connectivity index (χ0v) is 15.6. The van der Waals surface area contributed by atoms with E-state index in [1.165, 1.54) is 12.7 Å². The number of rotatable bonds is 6. The Labute approximate surface area is 158 Å². The van der Waals surface area contributed by atoms with Crippen LogP contribution in [0.5, 0.6) is 0 Å². The van der Waals surface area contributed by atoms with Gasteiger partial charge in [-0.1, -0.05) is 32.0 Å². The predicted octanol–water partition coefficient (Wildman–Crippen LogP) is 4.87. The van der Waals surface area contributed by atoms with Gasteiger partial charge in [0, 0.05) is 17.6 Å². The molecule has 3 rings (SSSR count). The van der Waals surface area contributed by atoms with Crippen molar-refractivity contribution in [3.63, 3.8) is 0 Å². The molecule has 0 saturated heterocycles. The fourth-order valence-corrected chi connectivity index (χ4v) is 2.56. The number of hydrogen-bond acceptors (Lipinski definition) is 6. The summed E-state index contributed by atoms with van der Waals surface area (Å²) in [5, 5.41) is 6.37. The highest BCUT2D eigenvalue weighted by atomic mass is 16.5. The van der Waals surface area contributed by atoms with Crippen LogP contribution < -0.4 is 10.6 Å². The van der Waals surface area contributed by atoms with Crippen LogP contribution in [-0.2, 0) is 4.74 Å². The van der Waals surface area contributed by atoms with Gasteiger partial charge in [0.05, 0.1) is 12.7 Å². The largest absolute Gasteiger partial charge is 0.465 e. The summed E-state index contributed by atoms with van der Waals surface area (Å²) in [6, 6.07) is 17.1. The maximum atomic E-state index is 11.7. The number of methoxy groups -OCH3 is 1. The van der Waals surface area contributed by atoms with Crippen molar-refractivity contribution < 1.29 is 9.53 Å². The van der Waals surface area contributed by atoms with Gasteiger partial charge in [-0.15, -0.1) is 0 Å². The van der Waals surface area contributed by atoms with Gasteiger partial charge in [-0.25, -0.2) is 9.78 Å². The van der Waals surface area contributed by atoms with E-state index in [0.29, 0.717) is 28.9 Å². The first kappa shape index (κ1) is 18.4. The monoisotopic (exact) mass is 362 g/mol. The van der Waals surface area contributed by atoms with E-state index < -0.39 is 0 Å². The highest BCUT2D eigenvalue weighted by Gasteiger charge is 2.07. The first-order chi connectivity index (χ1) is 13.0. The number of aromatic nitrogens is 2. The van der Waals surface area contributed by atoms with E-state index in [4.69, 9.17) is 4.74 Å². The van der Waals surface area contributed by atoms with Crippen molar-refractivity contribution in [3.8, 4) is 0 Å². The van der Waals surface area contributed by atoms with Crippen molar-refractivity contribution in [1.82, 2.24) is 9.97 Å². The van der Waals surface area contributed by atoms with Gasteiger partial charge in [-0.2, -0.15) is 4.98 Å². The Kier molecular flexibility index (Phi) is 5.66.